The van der Waals surface area contributed by atoms with Crippen LogP contribution in [0.25, 0.3) is 0 Å². The average molecular weight is 516 g/mol. The van der Waals surface area contributed by atoms with E-state index in [2.05, 4.69) is 26.1 Å². The van der Waals surface area contributed by atoms with Crippen molar-refractivity contribution in [3.05, 3.63) is 74.1 Å². The number of hydrogen-bond acceptors (Lipinski definition) is 4. The summed E-state index contributed by atoms with van der Waals surface area (Å²) in [6.45, 7) is 6.87. The fraction of sp³-hybridized carbons (Fsp3) is 0.333. The predicted octanol–water partition coefficient (Wildman–Crippen LogP) is 8.22. The van der Waals surface area contributed by atoms with Gasteiger partial charge in [0.1, 0.15) is 10.8 Å². The van der Waals surface area contributed by atoms with Crippen molar-refractivity contribution in [3.63, 3.8) is 0 Å². The Morgan fingerprint density at radius 2 is 1.91 bits per heavy atom. The van der Waals surface area contributed by atoms with Crippen LogP contribution >= 0.6 is 34.5 Å². The number of halogens is 2. The van der Waals surface area contributed by atoms with Crippen LogP contribution in [-0.2, 0) is 12.8 Å². The van der Waals surface area contributed by atoms with Crippen molar-refractivity contribution in [2.45, 2.75) is 40.0 Å². The van der Waals surface area contributed by atoms with Crippen LogP contribution in [0.3, 0.4) is 0 Å². The topological polar surface area (TPSA) is 50.7 Å². The molecule has 2 aromatic carbocycles. The minimum absolute atomic E-state index is 0.144. The van der Waals surface area contributed by atoms with E-state index in [4.69, 9.17) is 32.9 Å². The first-order valence-corrected chi connectivity index (χ1v) is 12.8. The van der Waals surface area contributed by atoms with E-state index in [9.17, 15) is 4.79 Å². The summed E-state index contributed by atoms with van der Waals surface area (Å²) in [5.74, 6) is 1.04. The molecule has 1 aliphatic carbocycles. The quantitative estimate of drug-likeness (QED) is 0.348. The van der Waals surface area contributed by atoms with E-state index >= 15 is 0 Å². The number of nitrogens with one attached hydrogen (secondary N) is 1. The van der Waals surface area contributed by atoms with Gasteiger partial charge in [0.05, 0.1) is 17.7 Å². The van der Waals surface area contributed by atoms with Gasteiger partial charge in [-0.1, -0.05) is 44.0 Å². The Balaban J connectivity index is 1.69. The summed E-state index contributed by atoms with van der Waals surface area (Å²) in [6, 6.07) is 12.6. The van der Waals surface area contributed by atoms with E-state index in [1.54, 1.807) is 55.0 Å². The third-order valence-corrected chi connectivity index (χ3v) is 8.02. The van der Waals surface area contributed by atoms with Crippen LogP contribution in [-0.4, -0.2) is 19.2 Å². The minimum Gasteiger partial charge on any atom is -0.495 e. The molecule has 0 radical (unpaired) electrons. The number of benzene rings is 2. The molecule has 4 nitrogen and oxygen atoms in total. The van der Waals surface area contributed by atoms with Gasteiger partial charge in [-0.25, -0.2) is 4.99 Å². The number of fused-ring (bicyclic) bond motifs is 1. The predicted molar refractivity (Wildman–Crippen MR) is 144 cm³/mol. The van der Waals surface area contributed by atoms with Crippen molar-refractivity contribution in [1.29, 1.82) is 0 Å². The molecule has 0 fully saturated rings. The number of rotatable bonds is 5. The van der Waals surface area contributed by atoms with Crippen molar-refractivity contribution < 1.29 is 9.53 Å². The van der Waals surface area contributed by atoms with Gasteiger partial charge in [-0.2, -0.15) is 0 Å². The number of carbonyl (C=O) groups excluding carboxylic acids is 1. The van der Waals surface area contributed by atoms with Crippen LogP contribution in [0.4, 0.5) is 10.7 Å². The van der Waals surface area contributed by atoms with Gasteiger partial charge in [-0.15, -0.1) is 11.3 Å². The molecule has 34 heavy (non-hydrogen) atoms. The summed E-state index contributed by atoms with van der Waals surface area (Å²) in [7, 11) is 1.58. The molecule has 0 spiro atoms. The highest BCUT2D eigenvalue weighted by Gasteiger charge is 2.33. The molecule has 0 unspecified atom stereocenters. The Hall–Kier alpha value is -2.34. The smallest absolute Gasteiger partial charge is 0.259 e. The van der Waals surface area contributed by atoms with Crippen molar-refractivity contribution in [2.75, 3.05) is 12.4 Å². The Morgan fingerprint density at radius 1 is 1.18 bits per heavy atom. The number of amides is 1. The molecule has 1 atom stereocenters. The first-order chi connectivity index (χ1) is 16.2. The highest BCUT2D eigenvalue weighted by molar-refractivity contribution is 7.16. The second-order valence-electron chi connectivity index (χ2n) is 9.60. The Morgan fingerprint density at radius 3 is 2.56 bits per heavy atom. The van der Waals surface area contributed by atoms with Gasteiger partial charge in [0.25, 0.3) is 5.91 Å². The van der Waals surface area contributed by atoms with E-state index in [0.717, 1.165) is 35.4 Å². The molecule has 0 bridgehead atoms. The third-order valence-electron chi connectivity index (χ3n) is 6.31. The number of thiophene rings is 1. The van der Waals surface area contributed by atoms with Crippen molar-refractivity contribution >= 4 is 57.3 Å². The van der Waals surface area contributed by atoms with Crippen molar-refractivity contribution in [3.8, 4) is 5.75 Å². The monoisotopic (exact) mass is 514 g/mol. The largest absolute Gasteiger partial charge is 0.495 e. The Labute approximate surface area is 215 Å². The normalized spacial score (nSPS) is 15.9. The SMILES string of the molecule is COc1ccc(C=Nc2sc3c(c2C(=O)Nc2ccc(Cl)cc2)CC[C@H](C(C)(C)C)C3)cc1Cl. The molecule has 3 aromatic rings. The zero-order valence-corrected chi connectivity index (χ0v) is 22.1. The fourth-order valence-electron chi connectivity index (χ4n) is 4.26. The number of hydrogen-bond donors (Lipinski definition) is 1. The van der Waals surface area contributed by atoms with Gasteiger partial charge in [-0.3, -0.25) is 4.79 Å². The first kappa shape index (κ1) is 24.8. The molecule has 178 valence electrons. The number of methoxy groups -OCH3 is 1. The minimum atomic E-state index is -0.144. The summed E-state index contributed by atoms with van der Waals surface area (Å²) in [4.78, 5) is 19.4. The molecule has 1 amide bonds. The summed E-state index contributed by atoms with van der Waals surface area (Å²) in [5, 5.41) is 4.89. The van der Waals surface area contributed by atoms with Crippen LogP contribution in [0, 0.1) is 11.3 Å². The molecule has 1 aliphatic rings. The van der Waals surface area contributed by atoms with Crippen LogP contribution in [0.2, 0.25) is 10.0 Å². The zero-order valence-electron chi connectivity index (χ0n) is 19.7. The van der Waals surface area contributed by atoms with E-state index < -0.39 is 0 Å². The maximum Gasteiger partial charge on any atom is 0.259 e. The number of aliphatic imine (C=N–C) groups is 1. The van der Waals surface area contributed by atoms with Gasteiger partial charge in [0.15, 0.2) is 0 Å². The number of anilines is 1. The Kier molecular flexibility index (Phi) is 7.36. The number of nitrogens with zero attached hydrogens (tertiary/aromatic N) is 1. The Bertz CT molecular complexity index is 1230. The average Bonchev–Trinajstić information content (AvgIpc) is 3.16. The van der Waals surface area contributed by atoms with Gasteiger partial charge in [0, 0.05) is 21.8 Å². The van der Waals surface area contributed by atoms with E-state index in [1.165, 1.54) is 4.88 Å². The number of carbonyl (C=O) groups is 1. The second kappa shape index (κ2) is 10.1. The summed E-state index contributed by atoms with van der Waals surface area (Å²) >= 11 is 13.9. The van der Waals surface area contributed by atoms with E-state index in [1.807, 2.05) is 12.1 Å². The molecule has 0 saturated carbocycles. The molecule has 0 aliphatic heterocycles. The number of ether oxygens (including phenoxy) is 1. The van der Waals surface area contributed by atoms with Crippen molar-refractivity contribution in [1.82, 2.24) is 0 Å². The molecule has 0 saturated heterocycles. The molecule has 7 heteroatoms. The fourth-order valence-corrected chi connectivity index (χ4v) is 5.92. The summed E-state index contributed by atoms with van der Waals surface area (Å²) < 4.78 is 5.23. The lowest BCUT2D eigenvalue weighted by Crippen LogP contribution is -2.27. The lowest BCUT2D eigenvalue weighted by atomic mass is 9.72. The lowest BCUT2D eigenvalue weighted by Gasteiger charge is -2.33. The van der Waals surface area contributed by atoms with Gasteiger partial charge in [0.2, 0.25) is 0 Å². The lowest BCUT2D eigenvalue weighted by molar-refractivity contribution is 0.102. The highest BCUT2D eigenvalue weighted by Crippen LogP contribution is 2.45. The summed E-state index contributed by atoms with van der Waals surface area (Å²) in [6.07, 6.45) is 4.66. The maximum atomic E-state index is 13.4. The van der Waals surface area contributed by atoms with E-state index in [0.29, 0.717) is 33.0 Å². The highest BCUT2D eigenvalue weighted by atomic mass is 35.5. The van der Waals surface area contributed by atoms with Crippen LogP contribution < -0.4 is 10.1 Å². The van der Waals surface area contributed by atoms with Gasteiger partial charge < -0.3 is 10.1 Å². The van der Waals surface area contributed by atoms with Crippen LogP contribution in [0.5, 0.6) is 5.75 Å². The van der Waals surface area contributed by atoms with Crippen molar-refractivity contribution in [2.24, 2.45) is 16.3 Å². The molecule has 4 rings (SSSR count). The zero-order chi connectivity index (χ0) is 24.5. The van der Waals surface area contributed by atoms with E-state index in [-0.39, 0.29) is 11.3 Å². The third kappa shape index (κ3) is 5.48. The molecule has 1 aromatic heterocycles. The molecule has 1 heterocycles. The van der Waals surface area contributed by atoms with Crippen LogP contribution in [0.15, 0.2) is 47.5 Å². The molecule has 1 N–H and O–H groups in total. The van der Waals surface area contributed by atoms with Gasteiger partial charge in [-0.05, 0) is 84.2 Å². The second-order valence-corrected chi connectivity index (χ2v) is 11.5. The van der Waals surface area contributed by atoms with Gasteiger partial charge >= 0.3 is 0 Å². The maximum absolute atomic E-state index is 13.4. The first-order valence-electron chi connectivity index (χ1n) is 11.2. The summed E-state index contributed by atoms with van der Waals surface area (Å²) in [5.41, 5.74) is 3.55. The standard InChI is InChI=1S/C27H28Cl2N2O2S/c1-27(2,3)17-6-11-20-23(14-17)34-26(30-15-16-5-12-22(33-4)21(29)13-16)24(20)25(32)31-19-9-7-18(28)8-10-19/h5,7-10,12-13,15,17H,6,11,14H2,1-4H3,(H,31,32)/t17-/m0/s1. The molecular formula is C27H28Cl2N2O2S. The molecular weight excluding hydrogens is 487 g/mol. The van der Waals surface area contributed by atoms with Crippen LogP contribution in [0.1, 0.15) is 53.6 Å².